The maximum absolute atomic E-state index is 12.0. The summed E-state index contributed by atoms with van der Waals surface area (Å²) in [5, 5.41) is 9.96. The Balaban J connectivity index is 1.81. The van der Waals surface area contributed by atoms with E-state index in [-0.39, 0.29) is 5.91 Å². The number of carbonyl (C=O) groups is 1. The largest absolute Gasteiger partial charge is 0.383 e. The summed E-state index contributed by atoms with van der Waals surface area (Å²) in [6, 6.07) is 0. The van der Waals surface area contributed by atoms with Crippen LogP contribution in [0.3, 0.4) is 0 Å². The highest BCUT2D eigenvalue weighted by Crippen LogP contribution is 2.15. The maximum atomic E-state index is 12.0. The highest BCUT2D eigenvalue weighted by atomic mass is 16.3. The Morgan fingerprint density at radius 1 is 0.792 bits per heavy atom. The van der Waals surface area contributed by atoms with E-state index in [2.05, 4.69) is 6.92 Å². The van der Waals surface area contributed by atoms with E-state index in [0.717, 1.165) is 38.8 Å². The molecule has 0 aliphatic carbocycles. The molecule has 3 heteroatoms. The molecule has 3 nitrogen and oxygen atoms in total. The van der Waals surface area contributed by atoms with Gasteiger partial charge in [0.15, 0.2) is 0 Å². The highest BCUT2D eigenvalue weighted by molar-refractivity contribution is 5.80. The number of hydrogen-bond acceptors (Lipinski definition) is 2. The lowest BCUT2D eigenvalue weighted by atomic mass is 10.0. The van der Waals surface area contributed by atoms with Crippen molar-refractivity contribution in [3.8, 4) is 0 Å². The molecule has 1 saturated heterocycles. The summed E-state index contributed by atoms with van der Waals surface area (Å²) in [6.07, 6.45) is 19.3. The summed E-state index contributed by atoms with van der Waals surface area (Å²) >= 11 is 0. The van der Waals surface area contributed by atoms with Crippen LogP contribution in [0.2, 0.25) is 0 Å². The van der Waals surface area contributed by atoms with Gasteiger partial charge in [-0.2, -0.15) is 0 Å². The molecule has 24 heavy (non-hydrogen) atoms. The number of nitrogens with zero attached hydrogens (tertiary/aromatic N) is 1. The maximum Gasteiger partial charge on any atom is 0.251 e. The second-order valence-electron chi connectivity index (χ2n) is 7.58. The lowest BCUT2D eigenvalue weighted by Crippen LogP contribution is -2.37. The van der Waals surface area contributed by atoms with Crippen LogP contribution >= 0.6 is 0 Å². The first-order valence-electron chi connectivity index (χ1n) is 10.7. The fourth-order valence-electron chi connectivity index (χ4n) is 3.63. The van der Waals surface area contributed by atoms with Gasteiger partial charge in [0.25, 0.3) is 5.91 Å². The minimum absolute atomic E-state index is 0.0357. The molecular weight excluding hydrogens is 298 g/mol. The van der Waals surface area contributed by atoms with E-state index in [0.29, 0.717) is 6.42 Å². The summed E-state index contributed by atoms with van der Waals surface area (Å²) in [4.78, 5) is 13.8. The summed E-state index contributed by atoms with van der Waals surface area (Å²) in [5.41, 5.74) is 0. The zero-order valence-electron chi connectivity index (χ0n) is 16.1. The van der Waals surface area contributed by atoms with E-state index in [4.69, 9.17) is 0 Å². The van der Waals surface area contributed by atoms with Crippen molar-refractivity contribution in [2.45, 2.75) is 116 Å². The molecule has 0 radical (unpaired) electrons. The first-order valence-corrected chi connectivity index (χ1v) is 10.7. The van der Waals surface area contributed by atoms with Crippen molar-refractivity contribution in [3.63, 3.8) is 0 Å². The molecule has 1 heterocycles. The predicted octanol–water partition coefficient (Wildman–Crippen LogP) is 5.45. The van der Waals surface area contributed by atoms with Gasteiger partial charge < -0.3 is 10.0 Å². The number of aliphatic hydroxyl groups excluding tert-OH is 1. The van der Waals surface area contributed by atoms with Crippen LogP contribution in [0.5, 0.6) is 0 Å². The lowest BCUT2D eigenvalue weighted by molar-refractivity contribution is -0.139. The van der Waals surface area contributed by atoms with Gasteiger partial charge in [-0.1, -0.05) is 90.4 Å². The van der Waals surface area contributed by atoms with Gasteiger partial charge in [0.1, 0.15) is 6.10 Å². The highest BCUT2D eigenvalue weighted by Gasteiger charge is 2.23. The van der Waals surface area contributed by atoms with E-state index in [1.54, 1.807) is 0 Å². The van der Waals surface area contributed by atoms with Gasteiger partial charge in [-0.05, 0) is 19.3 Å². The molecule has 1 aliphatic rings. The number of unbranched alkanes of at least 4 members (excludes halogenated alkanes) is 12. The van der Waals surface area contributed by atoms with Crippen molar-refractivity contribution < 1.29 is 9.90 Å². The third kappa shape index (κ3) is 10.3. The van der Waals surface area contributed by atoms with Crippen molar-refractivity contribution in [1.29, 1.82) is 0 Å². The standard InChI is InChI=1S/C21H41NO2/c1-2-3-4-5-6-7-8-9-10-11-12-13-14-17-20(23)21(24)22-18-15-16-19-22/h20,23H,2-19H2,1H3. The first-order chi connectivity index (χ1) is 11.8. The number of rotatable bonds is 15. The number of carbonyl (C=O) groups excluding carboxylic acids is 1. The average molecular weight is 340 g/mol. The Kier molecular flexibility index (Phi) is 13.2. The first kappa shape index (κ1) is 21.5. The molecule has 0 saturated carbocycles. The Hall–Kier alpha value is -0.570. The van der Waals surface area contributed by atoms with E-state index in [1.165, 1.54) is 70.6 Å². The van der Waals surface area contributed by atoms with Crippen LogP contribution < -0.4 is 0 Å². The fourth-order valence-corrected chi connectivity index (χ4v) is 3.63. The van der Waals surface area contributed by atoms with E-state index in [9.17, 15) is 9.90 Å². The Bertz CT molecular complexity index is 300. The van der Waals surface area contributed by atoms with Crippen molar-refractivity contribution in [2.24, 2.45) is 0 Å². The summed E-state index contributed by atoms with van der Waals surface area (Å²) in [6.45, 7) is 3.95. The SMILES string of the molecule is CCCCCCCCCCCCCCCC(O)C(=O)N1CCCC1. The molecule has 1 fully saturated rings. The fraction of sp³-hybridized carbons (Fsp3) is 0.952. The Morgan fingerprint density at radius 3 is 1.67 bits per heavy atom. The second-order valence-corrected chi connectivity index (χ2v) is 7.58. The Morgan fingerprint density at radius 2 is 1.21 bits per heavy atom. The van der Waals surface area contributed by atoms with Crippen molar-refractivity contribution in [2.75, 3.05) is 13.1 Å². The third-order valence-electron chi connectivity index (χ3n) is 5.28. The number of aliphatic hydroxyl groups is 1. The van der Waals surface area contributed by atoms with Gasteiger partial charge in [-0.3, -0.25) is 4.79 Å². The smallest absolute Gasteiger partial charge is 0.251 e. The van der Waals surface area contributed by atoms with Crippen molar-refractivity contribution in [3.05, 3.63) is 0 Å². The molecule has 0 spiro atoms. The molecule has 0 aromatic heterocycles. The van der Waals surface area contributed by atoms with E-state index in [1.807, 2.05) is 4.90 Å². The number of hydrogen-bond donors (Lipinski definition) is 1. The van der Waals surface area contributed by atoms with Crippen LogP contribution in [0.4, 0.5) is 0 Å². The molecule has 1 amide bonds. The zero-order valence-corrected chi connectivity index (χ0v) is 16.1. The van der Waals surface area contributed by atoms with Gasteiger partial charge in [0.05, 0.1) is 0 Å². The van der Waals surface area contributed by atoms with Gasteiger partial charge in [0, 0.05) is 13.1 Å². The molecule has 1 rings (SSSR count). The van der Waals surface area contributed by atoms with Crippen molar-refractivity contribution >= 4 is 5.91 Å². The minimum Gasteiger partial charge on any atom is -0.383 e. The van der Waals surface area contributed by atoms with Gasteiger partial charge in [-0.25, -0.2) is 0 Å². The summed E-state index contributed by atoms with van der Waals surface area (Å²) in [5.74, 6) is -0.0357. The van der Waals surface area contributed by atoms with E-state index < -0.39 is 6.10 Å². The molecule has 1 N–H and O–H groups in total. The van der Waals surface area contributed by atoms with E-state index >= 15 is 0 Å². The average Bonchev–Trinajstić information content (AvgIpc) is 3.12. The van der Waals surface area contributed by atoms with Crippen LogP contribution in [0.15, 0.2) is 0 Å². The van der Waals surface area contributed by atoms with Crippen LogP contribution in [0.25, 0.3) is 0 Å². The summed E-state index contributed by atoms with van der Waals surface area (Å²) < 4.78 is 0. The van der Waals surface area contributed by atoms with Gasteiger partial charge in [0.2, 0.25) is 0 Å². The second kappa shape index (κ2) is 14.7. The topological polar surface area (TPSA) is 40.5 Å². The molecule has 142 valence electrons. The molecule has 0 aromatic rings. The van der Waals surface area contributed by atoms with Gasteiger partial charge in [-0.15, -0.1) is 0 Å². The number of amides is 1. The molecule has 1 atom stereocenters. The number of likely N-dealkylation sites (tertiary alicyclic amines) is 1. The predicted molar refractivity (Wildman–Crippen MR) is 102 cm³/mol. The molecule has 0 aromatic carbocycles. The normalized spacial score (nSPS) is 15.8. The third-order valence-corrected chi connectivity index (χ3v) is 5.28. The van der Waals surface area contributed by atoms with Crippen LogP contribution in [-0.2, 0) is 4.79 Å². The van der Waals surface area contributed by atoms with Gasteiger partial charge >= 0.3 is 0 Å². The quantitative estimate of drug-likeness (QED) is 0.403. The molecular formula is C21H41NO2. The Labute approximate surface area is 150 Å². The molecule has 1 aliphatic heterocycles. The molecule has 0 bridgehead atoms. The molecule has 1 unspecified atom stereocenters. The van der Waals surface area contributed by atoms with Crippen molar-refractivity contribution in [1.82, 2.24) is 4.90 Å². The van der Waals surface area contributed by atoms with Crippen LogP contribution in [0.1, 0.15) is 110 Å². The monoisotopic (exact) mass is 339 g/mol. The van der Waals surface area contributed by atoms with Crippen LogP contribution in [-0.4, -0.2) is 35.1 Å². The summed E-state index contributed by atoms with van der Waals surface area (Å²) in [7, 11) is 0. The lowest BCUT2D eigenvalue weighted by Gasteiger charge is -2.19. The zero-order chi connectivity index (χ0) is 17.5. The minimum atomic E-state index is -0.754. The van der Waals surface area contributed by atoms with Crippen LogP contribution in [0, 0.1) is 0 Å².